The molecule has 1 unspecified atom stereocenters. The molecule has 108 valence electrons. The molecule has 0 bridgehead atoms. The number of rotatable bonds is 5. The van der Waals surface area contributed by atoms with Crippen LogP contribution in [0, 0.1) is 5.92 Å². The van der Waals surface area contributed by atoms with E-state index in [1.807, 2.05) is 6.07 Å². The lowest BCUT2D eigenvalue weighted by Gasteiger charge is -2.33. The van der Waals surface area contributed by atoms with E-state index in [0.717, 1.165) is 40.8 Å². The predicted molar refractivity (Wildman–Crippen MR) is 85.6 cm³/mol. The molecule has 1 aromatic heterocycles. The van der Waals surface area contributed by atoms with E-state index in [0.29, 0.717) is 6.04 Å². The van der Waals surface area contributed by atoms with E-state index in [1.54, 1.807) is 0 Å². The zero-order valence-corrected chi connectivity index (χ0v) is 13.9. The molecule has 0 saturated carbocycles. The van der Waals surface area contributed by atoms with E-state index in [1.165, 1.54) is 29.7 Å². The molecule has 1 aliphatic heterocycles. The third kappa shape index (κ3) is 4.08. The van der Waals surface area contributed by atoms with Crippen LogP contribution in [0.5, 0.6) is 0 Å². The van der Waals surface area contributed by atoms with Crippen molar-refractivity contribution in [3.8, 4) is 0 Å². The van der Waals surface area contributed by atoms with Gasteiger partial charge in [-0.25, -0.2) is 0 Å². The highest BCUT2D eigenvalue weighted by atomic mass is 35.5. The van der Waals surface area contributed by atoms with Crippen LogP contribution >= 0.6 is 34.5 Å². The lowest BCUT2D eigenvalue weighted by atomic mass is 9.96. The number of hydrogen-bond acceptors (Lipinski definition) is 3. The lowest BCUT2D eigenvalue weighted by Crippen LogP contribution is -2.37. The van der Waals surface area contributed by atoms with Gasteiger partial charge in [-0.05, 0) is 51.4 Å². The maximum atomic E-state index is 6.28. The Labute approximate surface area is 130 Å². The number of thiophene rings is 1. The molecule has 0 spiro atoms. The largest absolute Gasteiger partial charge is 0.317 e. The maximum absolute atomic E-state index is 6.28. The fourth-order valence-electron chi connectivity index (χ4n) is 2.79. The minimum atomic E-state index is 0.344. The highest BCUT2D eigenvalue weighted by molar-refractivity contribution is 7.20. The van der Waals surface area contributed by atoms with Crippen LogP contribution < -0.4 is 5.32 Å². The Bertz CT molecular complexity index is 402. The van der Waals surface area contributed by atoms with E-state index in [4.69, 9.17) is 23.2 Å². The second kappa shape index (κ2) is 7.28. The number of halogens is 2. The van der Waals surface area contributed by atoms with Crippen LogP contribution in [0.2, 0.25) is 8.67 Å². The van der Waals surface area contributed by atoms with E-state index in [9.17, 15) is 0 Å². The minimum Gasteiger partial charge on any atom is -0.317 e. The van der Waals surface area contributed by atoms with Crippen LogP contribution in [0.4, 0.5) is 0 Å². The Balaban J connectivity index is 2.01. The van der Waals surface area contributed by atoms with Gasteiger partial charge in [-0.15, -0.1) is 11.3 Å². The quantitative estimate of drug-likeness (QED) is 0.862. The zero-order chi connectivity index (χ0) is 13.8. The fraction of sp³-hybridized carbons (Fsp3) is 0.714. The second-order valence-corrected chi connectivity index (χ2v) is 7.52. The Hall–Kier alpha value is 0.200. The molecule has 1 N–H and O–H groups in total. The average Bonchev–Trinajstić information content (AvgIpc) is 2.75. The van der Waals surface area contributed by atoms with Crippen molar-refractivity contribution in [2.75, 3.05) is 26.2 Å². The first-order chi connectivity index (χ1) is 9.11. The monoisotopic (exact) mass is 320 g/mol. The molecular weight excluding hydrogens is 299 g/mol. The molecule has 2 rings (SSSR count). The predicted octanol–water partition coefficient (Wildman–Crippen LogP) is 4.44. The molecule has 0 amide bonds. The van der Waals surface area contributed by atoms with Crippen LogP contribution in [0.15, 0.2) is 6.07 Å². The summed E-state index contributed by atoms with van der Waals surface area (Å²) in [4.78, 5) is 2.51. The summed E-state index contributed by atoms with van der Waals surface area (Å²) in [6, 6.07) is 2.36. The van der Waals surface area contributed by atoms with Crippen molar-refractivity contribution in [2.24, 2.45) is 5.92 Å². The van der Waals surface area contributed by atoms with Crippen LogP contribution in [0.3, 0.4) is 0 Å². The fourth-order valence-corrected chi connectivity index (χ4v) is 4.43. The van der Waals surface area contributed by atoms with E-state index >= 15 is 0 Å². The molecule has 0 aromatic carbocycles. The Kier molecular flexibility index (Phi) is 5.97. The Morgan fingerprint density at radius 1 is 1.42 bits per heavy atom. The van der Waals surface area contributed by atoms with Crippen LogP contribution in [0.1, 0.15) is 38.3 Å². The summed E-state index contributed by atoms with van der Waals surface area (Å²) in [7, 11) is 0. The van der Waals surface area contributed by atoms with Gasteiger partial charge in [0.2, 0.25) is 0 Å². The van der Waals surface area contributed by atoms with E-state index in [2.05, 4.69) is 24.1 Å². The van der Waals surface area contributed by atoms with E-state index in [-0.39, 0.29) is 0 Å². The summed E-state index contributed by atoms with van der Waals surface area (Å²) in [6.07, 6.45) is 2.56. The summed E-state index contributed by atoms with van der Waals surface area (Å²) < 4.78 is 1.62. The lowest BCUT2D eigenvalue weighted by molar-refractivity contribution is 0.169. The van der Waals surface area contributed by atoms with Crippen molar-refractivity contribution in [2.45, 2.75) is 32.7 Å². The van der Waals surface area contributed by atoms with E-state index < -0.39 is 0 Å². The smallest absolute Gasteiger partial charge is 0.0991 e. The van der Waals surface area contributed by atoms with Gasteiger partial charge in [0.15, 0.2) is 0 Å². The highest BCUT2D eigenvalue weighted by Crippen LogP contribution is 2.37. The molecule has 2 heterocycles. The molecule has 2 nitrogen and oxygen atoms in total. The Morgan fingerprint density at radius 3 is 2.63 bits per heavy atom. The molecule has 1 aromatic rings. The van der Waals surface area contributed by atoms with Crippen molar-refractivity contribution < 1.29 is 0 Å². The topological polar surface area (TPSA) is 15.3 Å². The molecule has 0 radical (unpaired) electrons. The SMILES string of the molecule is CCN(CC1CCNCC1)C(C)c1cc(Cl)sc1Cl. The minimum absolute atomic E-state index is 0.344. The first-order valence-electron chi connectivity index (χ1n) is 7.01. The van der Waals surface area contributed by atoms with Crippen molar-refractivity contribution in [3.63, 3.8) is 0 Å². The first kappa shape index (κ1) is 15.6. The third-order valence-electron chi connectivity index (χ3n) is 4.04. The normalized spacial score (nSPS) is 19.0. The molecular formula is C14H22Cl2N2S. The van der Waals surface area contributed by atoms with Crippen molar-refractivity contribution in [1.29, 1.82) is 0 Å². The Morgan fingerprint density at radius 2 is 2.11 bits per heavy atom. The van der Waals surface area contributed by atoms with Crippen molar-refractivity contribution >= 4 is 34.5 Å². The number of nitrogens with one attached hydrogen (secondary N) is 1. The van der Waals surface area contributed by atoms with Crippen LogP contribution in [-0.2, 0) is 0 Å². The number of hydrogen-bond donors (Lipinski definition) is 1. The summed E-state index contributed by atoms with van der Waals surface area (Å²) in [6.45, 7) is 8.97. The summed E-state index contributed by atoms with van der Waals surface area (Å²) in [5.41, 5.74) is 1.17. The average molecular weight is 321 g/mol. The van der Waals surface area contributed by atoms with Gasteiger partial charge in [-0.1, -0.05) is 30.1 Å². The molecule has 1 aliphatic rings. The van der Waals surface area contributed by atoms with Crippen LogP contribution in [-0.4, -0.2) is 31.1 Å². The van der Waals surface area contributed by atoms with Crippen molar-refractivity contribution in [1.82, 2.24) is 10.2 Å². The standard InChI is InChI=1S/C14H22Cl2N2S/c1-3-18(9-11-4-6-17-7-5-11)10(2)12-8-13(15)19-14(12)16/h8,10-11,17H,3-7,9H2,1-2H3. The van der Waals surface area contributed by atoms with Crippen molar-refractivity contribution in [3.05, 3.63) is 20.3 Å². The molecule has 1 atom stereocenters. The molecule has 1 saturated heterocycles. The van der Waals surface area contributed by atoms with Gasteiger partial charge in [0.05, 0.1) is 8.67 Å². The molecule has 19 heavy (non-hydrogen) atoms. The summed E-state index contributed by atoms with van der Waals surface area (Å²) in [5.74, 6) is 0.802. The van der Waals surface area contributed by atoms with Gasteiger partial charge in [0.25, 0.3) is 0 Å². The molecule has 5 heteroatoms. The van der Waals surface area contributed by atoms with Gasteiger partial charge in [0.1, 0.15) is 0 Å². The van der Waals surface area contributed by atoms with Gasteiger partial charge < -0.3 is 5.32 Å². The van der Waals surface area contributed by atoms with Crippen LogP contribution in [0.25, 0.3) is 0 Å². The number of piperidine rings is 1. The zero-order valence-electron chi connectivity index (χ0n) is 11.6. The summed E-state index contributed by atoms with van der Waals surface area (Å²) >= 11 is 13.8. The van der Waals surface area contributed by atoms with Gasteiger partial charge >= 0.3 is 0 Å². The summed E-state index contributed by atoms with van der Waals surface area (Å²) in [5, 5.41) is 3.42. The molecule has 1 fully saturated rings. The third-order valence-corrected chi connectivity index (χ3v) is 5.56. The van der Waals surface area contributed by atoms with Gasteiger partial charge in [-0.2, -0.15) is 0 Å². The first-order valence-corrected chi connectivity index (χ1v) is 8.58. The van der Waals surface area contributed by atoms with Gasteiger partial charge in [-0.3, -0.25) is 4.90 Å². The number of nitrogens with zero attached hydrogens (tertiary/aromatic N) is 1. The molecule has 0 aliphatic carbocycles. The van der Waals surface area contributed by atoms with Gasteiger partial charge in [0, 0.05) is 18.2 Å². The maximum Gasteiger partial charge on any atom is 0.0991 e. The second-order valence-electron chi connectivity index (χ2n) is 5.24. The highest BCUT2D eigenvalue weighted by Gasteiger charge is 2.23.